The van der Waals surface area contributed by atoms with Crippen molar-refractivity contribution in [2.75, 3.05) is 25.1 Å². The molecule has 1 fully saturated rings. The van der Waals surface area contributed by atoms with Crippen molar-refractivity contribution in [1.29, 1.82) is 0 Å². The van der Waals surface area contributed by atoms with Gasteiger partial charge in [-0.1, -0.05) is 6.07 Å². The summed E-state index contributed by atoms with van der Waals surface area (Å²) >= 11 is 0. The van der Waals surface area contributed by atoms with Gasteiger partial charge in [0.2, 0.25) is 0 Å². The van der Waals surface area contributed by atoms with Gasteiger partial charge in [-0.2, -0.15) is 0 Å². The number of aliphatic hydroxyl groups excluding tert-OH is 1. The molecule has 1 aliphatic carbocycles. The van der Waals surface area contributed by atoms with Gasteiger partial charge >= 0.3 is 0 Å². The quantitative estimate of drug-likeness (QED) is 0.783. The molecular weight excluding hydrogens is 233 g/mol. The first kappa shape index (κ1) is 13.3. The molecule has 1 saturated carbocycles. The fraction of sp³-hybridized carbons (Fsp3) is 0.571. The number of benzene rings is 1. The van der Waals surface area contributed by atoms with Crippen LogP contribution in [0.1, 0.15) is 18.4 Å². The average Bonchev–Trinajstić information content (AvgIpc) is 3.15. The summed E-state index contributed by atoms with van der Waals surface area (Å²) in [7, 11) is 0. The topological polar surface area (TPSA) is 41.5 Å². The van der Waals surface area contributed by atoms with E-state index in [1.807, 2.05) is 0 Å². The van der Waals surface area contributed by atoms with E-state index in [1.165, 1.54) is 18.9 Å². The molecule has 1 aliphatic rings. The highest BCUT2D eigenvalue weighted by Crippen LogP contribution is 2.28. The molecule has 0 heterocycles. The molecule has 4 heteroatoms. The van der Waals surface area contributed by atoms with Gasteiger partial charge < -0.3 is 15.2 Å². The molecule has 0 radical (unpaired) electrons. The molecule has 3 nitrogen and oxygen atoms in total. The molecule has 1 aromatic rings. The molecule has 2 N–H and O–H groups in total. The second-order valence-electron chi connectivity index (χ2n) is 4.98. The van der Waals surface area contributed by atoms with Crippen LogP contribution in [0, 0.1) is 18.7 Å². The molecule has 1 atom stereocenters. The molecular formula is C14H20FNO2. The Morgan fingerprint density at radius 3 is 2.94 bits per heavy atom. The number of aryl methyl sites for hydroxylation is 1. The first-order chi connectivity index (χ1) is 8.65. The molecule has 100 valence electrons. The average molecular weight is 253 g/mol. The second-order valence-corrected chi connectivity index (χ2v) is 4.98. The zero-order valence-electron chi connectivity index (χ0n) is 10.7. The Balaban J connectivity index is 1.67. The van der Waals surface area contributed by atoms with E-state index in [0.29, 0.717) is 30.3 Å². The number of aliphatic hydroxyl groups is 1. The molecule has 2 rings (SSSR count). The van der Waals surface area contributed by atoms with Gasteiger partial charge in [-0.3, -0.25) is 0 Å². The molecule has 0 bridgehead atoms. The maximum Gasteiger partial charge on any atom is 0.128 e. The Morgan fingerprint density at radius 2 is 2.28 bits per heavy atom. The Morgan fingerprint density at radius 1 is 1.50 bits per heavy atom. The lowest BCUT2D eigenvalue weighted by atomic mass is 10.2. The fourth-order valence-corrected chi connectivity index (χ4v) is 1.65. The number of ether oxygens (including phenoxy) is 1. The van der Waals surface area contributed by atoms with E-state index in [1.54, 1.807) is 19.1 Å². The standard InChI is InChI=1S/C14H20FNO2/c1-10-2-5-12(6-14(10)15)16-7-13(17)9-18-8-11-3-4-11/h2,5-6,11,13,16-17H,3-4,7-9H2,1H3. The van der Waals surface area contributed by atoms with Gasteiger partial charge in [0.25, 0.3) is 0 Å². The van der Waals surface area contributed by atoms with Crippen LogP contribution in [-0.4, -0.2) is 31.0 Å². The van der Waals surface area contributed by atoms with E-state index in [9.17, 15) is 9.50 Å². The Kier molecular flexibility index (Phi) is 4.55. The van der Waals surface area contributed by atoms with Crippen LogP contribution in [0.3, 0.4) is 0 Å². The van der Waals surface area contributed by atoms with E-state index in [-0.39, 0.29) is 5.82 Å². The monoisotopic (exact) mass is 253 g/mol. The van der Waals surface area contributed by atoms with Crippen molar-refractivity contribution in [3.8, 4) is 0 Å². The summed E-state index contributed by atoms with van der Waals surface area (Å²) in [4.78, 5) is 0. The van der Waals surface area contributed by atoms with Crippen LogP contribution in [0.4, 0.5) is 10.1 Å². The van der Waals surface area contributed by atoms with Crippen LogP contribution in [0.5, 0.6) is 0 Å². The highest BCUT2D eigenvalue weighted by atomic mass is 19.1. The molecule has 0 aromatic heterocycles. The fourth-order valence-electron chi connectivity index (χ4n) is 1.65. The number of hydrogen-bond donors (Lipinski definition) is 2. The highest BCUT2D eigenvalue weighted by molar-refractivity contribution is 5.45. The van der Waals surface area contributed by atoms with Gasteiger partial charge in [0.1, 0.15) is 5.82 Å². The van der Waals surface area contributed by atoms with Crippen LogP contribution < -0.4 is 5.32 Å². The molecule has 0 saturated heterocycles. The molecule has 0 amide bonds. The van der Waals surface area contributed by atoms with Crippen molar-refractivity contribution in [3.05, 3.63) is 29.6 Å². The van der Waals surface area contributed by atoms with E-state index < -0.39 is 6.10 Å². The number of nitrogens with one attached hydrogen (secondary N) is 1. The van der Waals surface area contributed by atoms with Crippen LogP contribution >= 0.6 is 0 Å². The zero-order valence-corrected chi connectivity index (χ0v) is 10.7. The van der Waals surface area contributed by atoms with Crippen molar-refractivity contribution in [3.63, 3.8) is 0 Å². The molecule has 18 heavy (non-hydrogen) atoms. The van der Waals surface area contributed by atoms with Crippen molar-refractivity contribution >= 4 is 5.69 Å². The predicted molar refractivity (Wildman–Crippen MR) is 69.2 cm³/mol. The summed E-state index contributed by atoms with van der Waals surface area (Å²) in [6.07, 6.45) is 1.93. The smallest absolute Gasteiger partial charge is 0.128 e. The van der Waals surface area contributed by atoms with Crippen molar-refractivity contribution < 1.29 is 14.2 Å². The van der Waals surface area contributed by atoms with Crippen molar-refractivity contribution in [2.45, 2.75) is 25.9 Å². The Labute approximate surface area is 107 Å². The molecule has 0 aliphatic heterocycles. The predicted octanol–water partition coefficient (Wildman–Crippen LogP) is 2.33. The zero-order chi connectivity index (χ0) is 13.0. The summed E-state index contributed by atoms with van der Waals surface area (Å²) in [5.74, 6) is 0.468. The van der Waals surface area contributed by atoms with Crippen LogP contribution in [0.15, 0.2) is 18.2 Å². The number of rotatable bonds is 7. The lowest BCUT2D eigenvalue weighted by Crippen LogP contribution is -2.25. The Bertz CT molecular complexity index is 393. The minimum atomic E-state index is -0.562. The maximum atomic E-state index is 13.3. The highest BCUT2D eigenvalue weighted by Gasteiger charge is 2.21. The molecule has 0 spiro atoms. The minimum Gasteiger partial charge on any atom is -0.389 e. The maximum absolute atomic E-state index is 13.3. The van der Waals surface area contributed by atoms with Crippen LogP contribution in [0.25, 0.3) is 0 Å². The number of hydrogen-bond acceptors (Lipinski definition) is 3. The third kappa shape index (κ3) is 4.27. The summed E-state index contributed by atoms with van der Waals surface area (Å²) in [6, 6.07) is 4.96. The van der Waals surface area contributed by atoms with Gasteiger partial charge in [0.05, 0.1) is 12.7 Å². The first-order valence-electron chi connectivity index (χ1n) is 6.41. The van der Waals surface area contributed by atoms with Gasteiger partial charge in [-0.25, -0.2) is 4.39 Å². The summed E-state index contributed by atoms with van der Waals surface area (Å²) < 4.78 is 18.7. The SMILES string of the molecule is Cc1ccc(NCC(O)COCC2CC2)cc1F. The van der Waals surface area contributed by atoms with E-state index >= 15 is 0 Å². The van der Waals surface area contributed by atoms with Crippen LogP contribution in [-0.2, 0) is 4.74 Å². The summed E-state index contributed by atoms with van der Waals surface area (Å²) in [5, 5.41) is 12.7. The minimum absolute atomic E-state index is 0.237. The normalized spacial score (nSPS) is 16.6. The van der Waals surface area contributed by atoms with E-state index in [4.69, 9.17) is 4.74 Å². The van der Waals surface area contributed by atoms with Crippen molar-refractivity contribution in [1.82, 2.24) is 0 Å². The summed E-state index contributed by atoms with van der Waals surface area (Å²) in [6.45, 7) is 3.17. The van der Waals surface area contributed by atoms with E-state index in [2.05, 4.69) is 5.32 Å². The van der Waals surface area contributed by atoms with Gasteiger partial charge in [0, 0.05) is 18.8 Å². The van der Waals surface area contributed by atoms with Gasteiger partial charge in [-0.05, 0) is 43.4 Å². The van der Waals surface area contributed by atoms with Crippen molar-refractivity contribution in [2.24, 2.45) is 5.92 Å². The molecule has 1 aromatic carbocycles. The lowest BCUT2D eigenvalue weighted by Gasteiger charge is -2.13. The second kappa shape index (κ2) is 6.16. The number of halogens is 1. The lowest BCUT2D eigenvalue weighted by molar-refractivity contribution is 0.0386. The number of anilines is 1. The third-order valence-electron chi connectivity index (χ3n) is 3.07. The van der Waals surface area contributed by atoms with Crippen LogP contribution in [0.2, 0.25) is 0 Å². The Hall–Kier alpha value is -1.13. The molecule has 1 unspecified atom stereocenters. The first-order valence-corrected chi connectivity index (χ1v) is 6.41. The largest absolute Gasteiger partial charge is 0.389 e. The third-order valence-corrected chi connectivity index (χ3v) is 3.07. The van der Waals surface area contributed by atoms with Gasteiger partial charge in [0.15, 0.2) is 0 Å². The summed E-state index contributed by atoms with van der Waals surface area (Å²) in [5.41, 5.74) is 1.30. The van der Waals surface area contributed by atoms with E-state index in [0.717, 1.165) is 6.61 Å². The van der Waals surface area contributed by atoms with Gasteiger partial charge in [-0.15, -0.1) is 0 Å².